The Morgan fingerprint density at radius 1 is 0.521 bits per heavy atom. The van der Waals surface area contributed by atoms with Gasteiger partial charge in [-0.05, 0) is 97.7 Å². The lowest BCUT2D eigenvalue weighted by molar-refractivity contribution is -0.401. The van der Waals surface area contributed by atoms with Crippen LogP contribution in [0.2, 0.25) is 0 Å². The van der Waals surface area contributed by atoms with Crippen molar-refractivity contribution in [2.24, 2.45) is 52.3 Å². The maximum absolute atomic E-state index is 11.9. The second-order valence-electron chi connectivity index (χ2n) is 24.0. The second kappa shape index (κ2) is 21.3. The lowest BCUT2D eigenvalue weighted by Crippen LogP contribution is -2.68. The summed E-state index contributed by atoms with van der Waals surface area (Å²) in [5.41, 5.74) is -0.0500. The van der Waals surface area contributed by atoms with E-state index in [4.69, 9.17) is 47.4 Å². The Morgan fingerprint density at radius 3 is 1.82 bits per heavy atom. The fourth-order valence-electron chi connectivity index (χ4n) is 15.9. The van der Waals surface area contributed by atoms with Gasteiger partial charge in [-0.15, -0.1) is 0 Å². The first-order valence-electron chi connectivity index (χ1n) is 26.8. The van der Waals surface area contributed by atoms with E-state index in [2.05, 4.69) is 27.7 Å². The lowest BCUT2D eigenvalue weighted by atomic mass is 9.44. The van der Waals surface area contributed by atoms with Gasteiger partial charge < -0.3 is 114 Å². The highest BCUT2D eigenvalue weighted by atomic mass is 16.8. The number of hydrogen-bond donors (Lipinski definition) is 13. The van der Waals surface area contributed by atoms with Crippen molar-refractivity contribution in [2.75, 3.05) is 33.0 Å². The molecule has 23 heteroatoms. The van der Waals surface area contributed by atoms with Crippen molar-refractivity contribution in [3.63, 3.8) is 0 Å². The van der Waals surface area contributed by atoms with Gasteiger partial charge in [0.25, 0.3) is 0 Å². The number of ether oxygens (including phenoxy) is 10. The van der Waals surface area contributed by atoms with Crippen molar-refractivity contribution >= 4 is 0 Å². The van der Waals surface area contributed by atoms with Gasteiger partial charge in [-0.3, -0.25) is 0 Å². The number of aliphatic hydroxyl groups excluding tert-OH is 13. The molecule has 10 fully saturated rings. The topological polar surface area (TPSA) is 355 Å². The van der Waals surface area contributed by atoms with Crippen LogP contribution >= 0.6 is 0 Å². The molecule has 0 aromatic rings. The molecule has 0 bridgehead atoms. The molecule has 10 rings (SSSR count). The van der Waals surface area contributed by atoms with E-state index in [1.54, 1.807) is 0 Å². The molecule has 73 heavy (non-hydrogen) atoms. The molecule has 23 nitrogen and oxygen atoms in total. The maximum atomic E-state index is 11.9. The quantitative estimate of drug-likeness (QED) is 0.0902. The van der Waals surface area contributed by atoms with Crippen LogP contribution in [0.25, 0.3) is 0 Å². The van der Waals surface area contributed by atoms with E-state index in [-0.39, 0.29) is 22.9 Å². The van der Waals surface area contributed by atoms with Gasteiger partial charge in [-0.1, -0.05) is 27.7 Å². The molecule has 0 unspecified atom stereocenters. The predicted molar refractivity (Wildman–Crippen MR) is 244 cm³/mol. The summed E-state index contributed by atoms with van der Waals surface area (Å²) in [5, 5.41) is 141. The van der Waals surface area contributed by atoms with Crippen LogP contribution in [-0.4, -0.2) is 240 Å². The first-order chi connectivity index (χ1) is 34.7. The molecule has 0 amide bonds. The van der Waals surface area contributed by atoms with Crippen LogP contribution in [0.3, 0.4) is 0 Å². The Kier molecular flexibility index (Phi) is 16.1. The van der Waals surface area contributed by atoms with Gasteiger partial charge in [-0.25, -0.2) is 0 Å². The van der Waals surface area contributed by atoms with E-state index < -0.39 is 161 Å². The monoisotopic (exact) mass is 1050 g/mol. The van der Waals surface area contributed by atoms with Crippen LogP contribution in [0.4, 0.5) is 0 Å². The van der Waals surface area contributed by atoms with Crippen molar-refractivity contribution in [2.45, 2.75) is 226 Å². The smallest absolute Gasteiger partial charge is 0.187 e. The van der Waals surface area contributed by atoms with Crippen molar-refractivity contribution in [3.8, 4) is 0 Å². The summed E-state index contributed by atoms with van der Waals surface area (Å²) in [7, 11) is 0. The third-order valence-corrected chi connectivity index (χ3v) is 20.0. The fourth-order valence-corrected chi connectivity index (χ4v) is 15.9. The zero-order valence-electron chi connectivity index (χ0n) is 42.0. The molecule has 6 saturated heterocycles. The first kappa shape index (κ1) is 55.4. The van der Waals surface area contributed by atoms with E-state index >= 15 is 0 Å². The standard InChI is InChI=1S/C50H82O23/c1-19-7-10-50(65-17-19)20(2)32-28(73-50)12-24-22-6-5-21-11-27(25(54)13-49(21,4)23(22)8-9-48(24,32)3)66-45-39(62)36(59)41(30(15-52)68-45)71-47-43(72-46-38(61)35(58)34(57)29(14-51)67-46)40(63)42(31(16-53)69-47)70-44-37(60)33(56)26(55)18-64-44/h19-47,51-63H,5-18H2,1-4H3/t19-,20+,21+,22-,23+,24+,25-,26-,27-,28+,29-,30-,31-,32+,33+,34-,35+,36-,37-,38-,39-,40+,41+,42-,43-,44+,45-,46+,47+,48+,49+,50-/m1/s1. The third kappa shape index (κ3) is 9.49. The zero-order chi connectivity index (χ0) is 52.2. The molecular formula is C50H82O23. The molecule has 0 aromatic carbocycles. The average Bonchev–Trinajstić information content (AvgIpc) is 3.82. The molecule has 32 atom stereocenters. The Hall–Kier alpha value is -0.920. The highest BCUT2D eigenvalue weighted by Crippen LogP contribution is 2.71. The van der Waals surface area contributed by atoms with Crippen LogP contribution in [0.1, 0.15) is 85.5 Å². The van der Waals surface area contributed by atoms with Gasteiger partial charge in [-0.2, -0.15) is 0 Å². The zero-order valence-corrected chi connectivity index (χ0v) is 42.0. The SMILES string of the molecule is C[C@@H]1CC[C@@]2(OC1)O[C@H]1C[C@H]3[C@@H]4CC[C@H]5C[C@@H](O[C@@H]6O[C@H](CO)[C@H](O[C@@H]7O[C@H](CO)[C@@H](O[C@@H]8OC[C@@H](O)[C@H](O)[C@H]8O)[C@H](O)[C@H]7O[C@@H]7O[C@H](CO)[C@@H](O)[C@H](O)[C@H]7O)[C@H](O)[C@H]6O)[C@H](O)C[C@]5(C)[C@H]4CC[C@]3(C)[C@H]1[C@@H]2C. The van der Waals surface area contributed by atoms with Gasteiger partial charge in [0.05, 0.1) is 51.3 Å². The lowest BCUT2D eigenvalue weighted by Gasteiger charge is -2.62. The van der Waals surface area contributed by atoms with Gasteiger partial charge in [0, 0.05) is 12.3 Å². The number of fused-ring (bicyclic) bond motifs is 7. The minimum absolute atomic E-state index is 0.133. The molecule has 4 saturated carbocycles. The summed E-state index contributed by atoms with van der Waals surface area (Å²) in [4.78, 5) is 0. The van der Waals surface area contributed by atoms with Crippen LogP contribution in [-0.2, 0) is 47.4 Å². The highest BCUT2D eigenvalue weighted by Gasteiger charge is 2.70. The maximum Gasteiger partial charge on any atom is 0.187 e. The van der Waals surface area contributed by atoms with Gasteiger partial charge >= 0.3 is 0 Å². The summed E-state index contributed by atoms with van der Waals surface area (Å²) in [6.45, 7) is 7.08. The Bertz CT molecular complexity index is 1860. The van der Waals surface area contributed by atoms with Crippen LogP contribution < -0.4 is 0 Å². The molecule has 420 valence electrons. The largest absolute Gasteiger partial charge is 0.394 e. The van der Waals surface area contributed by atoms with E-state index in [0.717, 1.165) is 51.6 Å². The second-order valence-corrected chi connectivity index (χ2v) is 24.0. The Morgan fingerprint density at radius 2 is 1.14 bits per heavy atom. The summed E-state index contributed by atoms with van der Waals surface area (Å²) in [6, 6.07) is 0. The van der Waals surface area contributed by atoms with E-state index in [0.29, 0.717) is 48.3 Å². The van der Waals surface area contributed by atoms with E-state index in [1.807, 2.05) is 0 Å². The summed E-state index contributed by atoms with van der Waals surface area (Å²) in [5.74, 6) is 2.36. The van der Waals surface area contributed by atoms with Crippen molar-refractivity contribution in [3.05, 3.63) is 0 Å². The van der Waals surface area contributed by atoms with Gasteiger partial charge in [0.2, 0.25) is 0 Å². The molecule has 6 heterocycles. The third-order valence-electron chi connectivity index (χ3n) is 20.0. The highest BCUT2D eigenvalue weighted by molar-refractivity contribution is 5.16. The average molecular weight is 1050 g/mol. The minimum Gasteiger partial charge on any atom is -0.394 e. The van der Waals surface area contributed by atoms with Gasteiger partial charge in [0.15, 0.2) is 30.9 Å². The van der Waals surface area contributed by atoms with Crippen molar-refractivity contribution < 1.29 is 114 Å². The summed E-state index contributed by atoms with van der Waals surface area (Å²) >= 11 is 0. The molecular weight excluding hydrogens is 969 g/mol. The van der Waals surface area contributed by atoms with Crippen molar-refractivity contribution in [1.29, 1.82) is 0 Å². The Balaban J connectivity index is 0.812. The molecule has 0 aromatic heterocycles. The van der Waals surface area contributed by atoms with Crippen LogP contribution in [0.5, 0.6) is 0 Å². The van der Waals surface area contributed by atoms with E-state index in [9.17, 15) is 66.4 Å². The molecule has 0 radical (unpaired) electrons. The summed E-state index contributed by atoms with van der Waals surface area (Å²) < 4.78 is 60.8. The van der Waals surface area contributed by atoms with E-state index in [1.165, 1.54) is 0 Å². The summed E-state index contributed by atoms with van der Waals surface area (Å²) in [6.07, 6.45) is -26.8. The molecule has 4 aliphatic carbocycles. The number of rotatable bonds is 11. The molecule has 1 spiro atoms. The van der Waals surface area contributed by atoms with Crippen molar-refractivity contribution in [1.82, 2.24) is 0 Å². The molecule has 10 aliphatic rings. The number of aliphatic hydroxyl groups is 13. The predicted octanol–water partition coefficient (Wildman–Crippen LogP) is -3.30. The van der Waals surface area contributed by atoms with Crippen LogP contribution in [0, 0.1) is 52.3 Å². The minimum atomic E-state index is -2.01. The first-order valence-corrected chi connectivity index (χ1v) is 26.8. The normalized spacial score (nSPS) is 58.2. The van der Waals surface area contributed by atoms with Gasteiger partial charge in [0.1, 0.15) is 91.6 Å². The number of hydrogen-bond acceptors (Lipinski definition) is 23. The molecule has 6 aliphatic heterocycles. The van der Waals surface area contributed by atoms with Crippen LogP contribution in [0.15, 0.2) is 0 Å². The Labute approximate surface area is 424 Å². The molecule has 13 N–H and O–H groups in total. The fraction of sp³-hybridized carbons (Fsp3) is 1.00.